The van der Waals surface area contributed by atoms with Gasteiger partial charge in [-0.25, -0.2) is 14.0 Å². The van der Waals surface area contributed by atoms with E-state index in [2.05, 4.69) is 5.32 Å². The molecule has 0 saturated carbocycles. The largest absolute Gasteiger partial charge is 0.493 e. The molecule has 5 rings (SSSR count). The van der Waals surface area contributed by atoms with Gasteiger partial charge in [-0.15, -0.1) is 5.06 Å². The number of hydroxylamine groups is 1. The minimum atomic E-state index is -5.31. The maximum absolute atomic E-state index is 14.0. The van der Waals surface area contributed by atoms with Gasteiger partial charge in [-0.2, -0.15) is 13.2 Å². The number of aromatic nitrogens is 2. The molecule has 3 aliphatic heterocycles. The maximum atomic E-state index is 14.0. The summed E-state index contributed by atoms with van der Waals surface area (Å²) in [6.45, 7) is 5.94. The Hall–Kier alpha value is -3.39. The van der Waals surface area contributed by atoms with Gasteiger partial charge in [-0.1, -0.05) is 26.0 Å². The number of anilines is 2. The summed E-state index contributed by atoms with van der Waals surface area (Å²) in [6, 6.07) is 5.71. The molecule has 2 saturated heterocycles. The maximum Gasteiger partial charge on any atom is 0.493 e. The van der Waals surface area contributed by atoms with Crippen molar-refractivity contribution in [2.75, 3.05) is 36.1 Å². The number of alkyl halides is 3. The minimum absolute atomic E-state index is 0.0210. The van der Waals surface area contributed by atoms with Crippen molar-refractivity contribution in [3.63, 3.8) is 0 Å². The first kappa shape index (κ1) is 29.1. The topological polar surface area (TPSA) is 92.0 Å². The van der Waals surface area contributed by atoms with Crippen LogP contribution in [0.2, 0.25) is 0 Å². The van der Waals surface area contributed by atoms with Crippen molar-refractivity contribution in [2.45, 2.75) is 58.2 Å². The van der Waals surface area contributed by atoms with Crippen molar-refractivity contribution in [1.29, 1.82) is 0 Å². The third-order valence-electron chi connectivity index (χ3n) is 8.16. The van der Waals surface area contributed by atoms with Crippen LogP contribution >= 0.6 is 0 Å². The number of carbonyl (C=O) groups excluding carboxylic acids is 1. The number of halogens is 4. The van der Waals surface area contributed by atoms with Crippen LogP contribution in [-0.2, 0) is 29.6 Å². The summed E-state index contributed by atoms with van der Waals surface area (Å²) in [4.78, 5) is 48.1. The van der Waals surface area contributed by atoms with E-state index in [0.717, 1.165) is 32.7 Å². The molecule has 0 aliphatic carbocycles. The Morgan fingerprint density at radius 2 is 1.83 bits per heavy atom. The minimum Gasteiger partial charge on any atom is -0.328 e. The van der Waals surface area contributed by atoms with Gasteiger partial charge in [-0.05, 0) is 55.3 Å². The summed E-state index contributed by atoms with van der Waals surface area (Å²) in [5.74, 6) is -2.67. The molecule has 1 aromatic heterocycles. The van der Waals surface area contributed by atoms with Gasteiger partial charge in [-0.3, -0.25) is 18.8 Å². The number of benzene rings is 1. The Labute approximate surface area is 234 Å². The van der Waals surface area contributed by atoms with Crippen LogP contribution < -0.4 is 26.5 Å². The number of hydrogen-bond acceptors (Lipinski definition) is 8. The highest BCUT2D eigenvalue weighted by molar-refractivity contribution is 5.80. The summed E-state index contributed by atoms with van der Waals surface area (Å²) in [7, 11) is 1.35. The molecule has 0 bridgehead atoms. The zero-order chi connectivity index (χ0) is 29.6. The van der Waals surface area contributed by atoms with Crippen LogP contribution in [0.15, 0.2) is 33.9 Å². The quantitative estimate of drug-likeness (QED) is 0.474. The predicted molar refractivity (Wildman–Crippen MR) is 143 cm³/mol. The molecule has 10 nitrogen and oxygen atoms in total. The van der Waals surface area contributed by atoms with Gasteiger partial charge in [0.1, 0.15) is 5.82 Å². The average Bonchev–Trinajstić information content (AvgIpc) is 3.60. The Balaban J connectivity index is 1.65. The highest BCUT2D eigenvalue weighted by Gasteiger charge is 2.54. The van der Waals surface area contributed by atoms with E-state index >= 15 is 0 Å². The molecule has 0 radical (unpaired) electrons. The highest BCUT2D eigenvalue weighted by Crippen LogP contribution is 2.42. The number of fused-ring (bicyclic) bond motifs is 2. The molecule has 3 unspecified atom stereocenters. The molecule has 1 N–H and O–H groups in total. The van der Waals surface area contributed by atoms with E-state index in [1.807, 2.05) is 18.7 Å². The normalized spacial score (nSPS) is 22.5. The first-order valence-corrected chi connectivity index (χ1v) is 13.8. The summed E-state index contributed by atoms with van der Waals surface area (Å²) in [6.07, 6.45) is -4.81. The lowest BCUT2D eigenvalue weighted by atomic mass is 10.1. The molecule has 224 valence electrons. The second-order valence-corrected chi connectivity index (χ2v) is 11.3. The fourth-order valence-electron chi connectivity index (χ4n) is 6.02. The highest BCUT2D eigenvalue weighted by atomic mass is 19.4. The van der Waals surface area contributed by atoms with Crippen molar-refractivity contribution in [2.24, 2.45) is 18.9 Å². The average molecular weight is 583 g/mol. The number of rotatable bonds is 8. The SMILES string of the molecule is CC(C)CCn1c(=O)c2c(n(C)c1=O)N(OC(=O)C(F)(F)F)C(N1CCC3CNCC31)N2CCc1ccc(F)cc1. The second kappa shape index (κ2) is 11.1. The van der Waals surface area contributed by atoms with E-state index in [1.165, 1.54) is 19.2 Å². The molecule has 3 atom stereocenters. The van der Waals surface area contributed by atoms with E-state index in [1.54, 1.807) is 17.0 Å². The molecule has 1 aromatic carbocycles. The Morgan fingerprint density at radius 3 is 2.49 bits per heavy atom. The summed E-state index contributed by atoms with van der Waals surface area (Å²) in [5.41, 5.74) is -0.668. The number of carbonyl (C=O) groups is 1. The molecular weight excluding hydrogens is 548 g/mol. The van der Waals surface area contributed by atoms with E-state index in [0.29, 0.717) is 25.9 Å². The number of nitrogens with one attached hydrogen (secondary N) is 1. The van der Waals surface area contributed by atoms with Crippen molar-refractivity contribution < 1.29 is 27.2 Å². The van der Waals surface area contributed by atoms with Gasteiger partial charge in [0.05, 0.1) is 0 Å². The molecule has 0 spiro atoms. The van der Waals surface area contributed by atoms with Crippen molar-refractivity contribution >= 4 is 17.5 Å². The molecule has 14 heteroatoms. The van der Waals surface area contributed by atoms with Gasteiger partial charge in [0.2, 0.25) is 0 Å². The van der Waals surface area contributed by atoms with Crippen molar-refractivity contribution in [3.8, 4) is 0 Å². The van der Waals surface area contributed by atoms with Crippen LogP contribution in [0.3, 0.4) is 0 Å². The molecule has 2 aromatic rings. The van der Waals surface area contributed by atoms with Crippen molar-refractivity contribution in [3.05, 3.63) is 56.5 Å². The standard InChI is InChI=1S/C27H34F4N6O4/c1-16(2)8-11-36-23(38)21-22(33(3)26(36)40)37(41-24(39)27(29,30)31)25(34-13-10-18-14-32-15-20(18)34)35(21)12-9-17-4-6-19(28)7-5-17/h4-7,16,18,20,25,32H,8-15H2,1-3H3. The lowest BCUT2D eigenvalue weighted by Crippen LogP contribution is -2.59. The van der Waals surface area contributed by atoms with Gasteiger partial charge in [0.25, 0.3) is 5.56 Å². The van der Waals surface area contributed by atoms with E-state index in [4.69, 9.17) is 4.84 Å². The zero-order valence-corrected chi connectivity index (χ0v) is 23.2. The van der Waals surface area contributed by atoms with Crippen LogP contribution in [0.1, 0.15) is 32.3 Å². The lowest BCUT2D eigenvalue weighted by Gasteiger charge is -2.39. The predicted octanol–water partition coefficient (Wildman–Crippen LogP) is 2.20. The van der Waals surface area contributed by atoms with Gasteiger partial charge in [0, 0.05) is 39.3 Å². The fourth-order valence-corrected chi connectivity index (χ4v) is 6.02. The van der Waals surface area contributed by atoms with Crippen LogP contribution in [0.25, 0.3) is 0 Å². The summed E-state index contributed by atoms with van der Waals surface area (Å²) in [5, 5.41) is 4.09. The monoisotopic (exact) mass is 582 g/mol. The Morgan fingerprint density at radius 1 is 1.12 bits per heavy atom. The third-order valence-corrected chi connectivity index (χ3v) is 8.16. The van der Waals surface area contributed by atoms with Gasteiger partial charge < -0.3 is 15.1 Å². The fraction of sp³-hybridized carbons (Fsp3) is 0.593. The van der Waals surface area contributed by atoms with E-state index < -0.39 is 35.5 Å². The van der Waals surface area contributed by atoms with Crippen LogP contribution in [-0.4, -0.2) is 64.7 Å². The molecule has 2 fully saturated rings. The molecular formula is C27H34F4N6O4. The summed E-state index contributed by atoms with van der Waals surface area (Å²) < 4.78 is 56.2. The van der Waals surface area contributed by atoms with Gasteiger partial charge in [0.15, 0.2) is 17.8 Å². The zero-order valence-electron chi connectivity index (χ0n) is 23.2. The number of nitrogens with zero attached hydrogens (tertiary/aromatic N) is 5. The van der Waals surface area contributed by atoms with Crippen molar-refractivity contribution in [1.82, 2.24) is 19.4 Å². The summed E-state index contributed by atoms with van der Waals surface area (Å²) >= 11 is 0. The third kappa shape index (κ3) is 5.46. The number of hydrogen-bond donors (Lipinski definition) is 1. The molecule has 0 amide bonds. The van der Waals surface area contributed by atoms with E-state index in [9.17, 15) is 31.9 Å². The molecule has 3 aliphatic rings. The lowest BCUT2D eigenvalue weighted by molar-refractivity contribution is -0.203. The van der Waals surface area contributed by atoms with Crippen LogP contribution in [0.4, 0.5) is 29.1 Å². The first-order valence-electron chi connectivity index (χ1n) is 13.8. The Kier molecular flexibility index (Phi) is 7.90. The second-order valence-electron chi connectivity index (χ2n) is 11.3. The smallest absolute Gasteiger partial charge is 0.328 e. The van der Waals surface area contributed by atoms with Crippen LogP contribution in [0, 0.1) is 17.7 Å². The van der Waals surface area contributed by atoms with Crippen LogP contribution in [0.5, 0.6) is 0 Å². The molecule has 4 heterocycles. The Bertz CT molecular complexity index is 1410. The number of likely N-dealkylation sites (tertiary alicyclic amines) is 1. The first-order chi connectivity index (χ1) is 19.4. The molecule has 41 heavy (non-hydrogen) atoms. The van der Waals surface area contributed by atoms with Gasteiger partial charge >= 0.3 is 17.8 Å². The van der Waals surface area contributed by atoms with E-state index in [-0.39, 0.29) is 42.5 Å².